The molecule has 112 valence electrons. The molecular weight excluding hydrogens is 280 g/mol. The first-order valence-corrected chi connectivity index (χ1v) is 8.41. The zero-order valence-electron chi connectivity index (χ0n) is 12.7. The van der Waals surface area contributed by atoms with Gasteiger partial charge in [-0.2, -0.15) is 11.8 Å². The first-order valence-electron chi connectivity index (χ1n) is 7.36. The zero-order valence-corrected chi connectivity index (χ0v) is 13.5. The SMILES string of the molecule is CCC1CN(C(=O)c2ccc(C)cc2C#CCN)CCS1. The monoisotopic (exact) mass is 302 g/mol. The molecule has 2 N–H and O–H groups in total. The number of thioether (sulfide) groups is 1. The third-order valence-corrected chi connectivity index (χ3v) is 4.98. The van der Waals surface area contributed by atoms with E-state index >= 15 is 0 Å². The van der Waals surface area contributed by atoms with Crippen molar-refractivity contribution in [3.8, 4) is 11.8 Å². The summed E-state index contributed by atoms with van der Waals surface area (Å²) in [7, 11) is 0. The van der Waals surface area contributed by atoms with Gasteiger partial charge < -0.3 is 10.6 Å². The predicted molar refractivity (Wildman–Crippen MR) is 89.6 cm³/mol. The lowest BCUT2D eigenvalue weighted by molar-refractivity contribution is 0.0760. The molecule has 1 aliphatic rings. The summed E-state index contributed by atoms with van der Waals surface area (Å²) in [6.45, 7) is 6.14. The first kappa shape index (κ1) is 15.9. The lowest BCUT2D eigenvalue weighted by Crippen LogP contribution is -2.42. The Kier molecular flexibility index (Phi) is 5.72. The molecule has 1 aromatic carbocycles. The number of amides is 1. The number of benzene rings is 1. The molecule has 0 aromatic heterocycles. The van der Waals surface area contributed by atoms with Gasteiger partial charge in [0, 0.05) is 29.7 Å². The third-order valence-electron chi connectivity index (χ3n) is 3.61. The summed E-state index contributed by atoms with van der Waals surface area (Å²) in [5.41, 5.74) is 8.04. The van der Waals surface area contributed by atoms with Crippen LogP contribution in [0.15, 0.2) is 18.2 Å². The first-order chi connectivity index (χ1) is 10.2. The van der Waals surface area contributed by atoms with E-state index in [-0.39, 0.29) is 5.91 Å². The van der Waals surface area contributed by atoms with Gasteiger partial charge in [0.05, 0.1) is 12.1 Å². The van der Waals surface area contributed by atoms with Crippen molar-refractivity contribution in [3.63, 3.8) is 0 Å². The largest absolute Gasteiger partial charge is 0.337 e. The number of rotatable bonds is 2. The van der Waals surface area contributed by atoms with Gasteiger partial charge in [0.25, 0.3) is 5.91 Å². The Balaban J connectivity index is 2.26. The standard InChI is InChI=1S/C17H22N2OS/c1-3-15-12-19(9-10-21-15)17(20)16-7-6-13(2)11-14(16)5-4-8-18/h6-7,11,15H,3,8-10,12,18H2,1-2H3. The third kappa shape index (κ3) is 4.03. The maximum absolute atomic E-state index is 12.8. The van der Waals surface area contributed by atoms with Gasteiger partial charge in [-0.3, -0.25) is 4.79 Å². The maximum atomic E-state index is 12.8. The van der Waals surface area contributed by atoms with E-state index in [9.17, 15) is 4.79 Å². The van der Waals surface area contributed by atoms with Crippen LogP contribution in [0.1, 0.15) is 34.8 Å². The molecule has 1 saturated heterocycles. The van der Waals surface area contributed by atoms with Crippen LogP contribution >= 0.6 is 11.8 Å². The summed E-state index contributed by atoms with van der Waals surface area (Å²) in [4.78, 5) is 14.7. The minimum Gasteiger partial charge on any atom is -0.337 e. The van der Waals surface area contributed by atoms with Crippen molar-refractivity contribution < 1.29 is 4.79 Å². The molecule has 0 radical (unpaired) electrons. The van der Waals surface area contributed by atoms with Crippen LogP contribution in [-0.4, -0.2) is 41.4 Å². The molecule has 2 rings (SSSR count). The Bertz CT molecular complexity index is 574. The predicted octanol–water partition coefficient (Wildman–Crippen LogP) is 2.27. The fourth-order valence-electron chi connectivity index (χ4n) is 2.42. The van der Waals surface area contributed by atoms with E-state index in [0.29, 0.717) is 17.4 Å². The summed E-state index contributed by atoms with van der Waals surface area (Å²) < 4.78 is 0. The Morgan fingerprint density at radius 2 is 2.33 bits per heavy atom. The Hall–Kier alpha value is -1.44. The van der Waals surface area contributed by atoms with Crippen molar-refractivity contribution in [2.24, 2.45) is 5.73 Å². The number of aryl methyl sites for hydroxylation is 1. The maximum Gasteiger partial charge on any atom is 0.255 e. The number of hydrogen-bond acceptors (Lipinski definition) is 3. The van der Waals surface area contributed by atoms with E-state index in [2.05, 4.69) is 18.8 Å². The van der Waals surface area contributed by atoms with Crippen molar-refractivity contribution in [1.29, 1.82) is 0 Å². The number of carbonyl (C=O) groups excluding carboxylic acids is 1. The van der Waals surface area contributed by atoms with E-state index in [4.69, 9.17) is 5.73 Å². The van der Waals surface area contributed by atoms with Crippen LogP contribution in [0.25, 0.3) is 0 Å². The molecule has 3 nitrogen and oxygen atoms in total. The summed E-state index contributed by atoms with van der Waals surface area (Å²) in [6.07, 6.45) is 1.10. The summed E-state index contributed by atoms with van der Waals surface area (Å²) in [5, 5.41) is 0.548. The minimum absolute atomic E-state index is 0.0927. The van der Waals surface area contributed by atoms with Gasteiger partial charge in [-0.25, -0.2) is 0 Å². The smallest absolute Gasteiger partial charge is 0.255 e. The molecule has 21 heavy (non-hydrogen) atoms. The van der Waals surface area contributed by atoms with E-state index in [0.717, 1.165) is 36.4 Å². The average Bonchev–Trinajstić information content (AvgIpc) is 2.52. The number of nitrogens with two attached hydrogens (primary N) is 1. The Morgan fingerprint density at radius 1 is 1.52 bits per heavy atom. The molecular formula is C17H22N2OS. The van der Waals surface area contributed by atoms with Gasteiger partial charge in [0.15, 0.2) is 0 Å². The Labute approximate surface area is 131 Å². The quantitative estimate of drug-likeness (QED) is 0.853. The molecule has 1 unspecified atom stereocenters. The number of nitrogens with zero attached hydrogens (tertiary/aromatic N) is 1. The van der Waals surface area contributed by atoms with E-state index in [1.54, 1.807) is 0 Å². The lowest BCUT2D eigenvalue weighted by Gasteiger charge is -2.32. The highest BCUT2D eigenvalue weighted by molar-refractivity contribution is 8.00. The normalized spacial score (nSPS) is 18.0. The van der Waals surface area contributed by atoms with Gasteiger partial charge in [0.2, 0.25) is 0 Å². The summed E-state index contributed by atoms with van der Waals surface area (Å²) in [5.74, 6) is 6.99. The average molecular weight is 302 g/mol. The molecule has 0 spiro atoms. The van der Waals surface area contributed by atoms with Gasteiger partial charge in [-0.15, -0.1) is 0 Å². The zero-order chi connectivity index (χ0) is 15.2. The van der Waals surface area contributed by atoms with Crippen molar-refractivity contribution in [3.05, 3.63) is 34.9 Å². The molecule has 4 heteroatoms. The fourth-order valence-corrected chi connectivity index (χ4v) is 3.60. The minimum atomic E-state index is 0.0927. The second-order valence-electron chi connectivity index (χ2n) is 5.21. The van der Waals surface area contributed by atoms with Crippen LogP contribution < -0.4 is 5.73 Å². The summed E-state index contributed by atoms with van der Waals surface area (Å²) in [6, 6.07) is 5.82. The molecule has 1 atom stereocenters. The van der Waals surface area contributed by atoms with Gasteiger partial charge >= 0.3 is 0 Å². The van der Waals surface area contributed by atoms with Crippen LogP contribution in [0, 0.1) is 18.8 Å². The van der Waals surface area contributed by atoms with Crippen LogP contribution in [0.4, 0.5) is 0 Å². The number of carbonyl (C=O) groups is 1. The molecule has 0 aliphatic carbocycles. The molecule has 0 bridgehead atoms. The molecule has 1 fully saturated rings. The van der Waals surface area contributed by atoms with Crippen LogP contribution in [0.2, 0.25) is 0 Å². The lowest BCUT2D eigenvalue weighted by atomic mass is 10.0. The highest BCUT2D eigenvalue weighted by atomic mass is 32.2. The van der Waals surface area contributed by atoms with Crippen molar-refractivity contribution in [2.45, 2.75) is 25.5 Å². The van der Waals surface area contributed by atoms with Crippen LogP contribution in [-0.2, 0) is 0 Å². The fraction of sp³-hybridized carbons (Fsp3) is 0.471. The summed E-state index contributed by atoms with van der Waals surface area (Å²) >= 11 is 1.96. The van der Waals surface area contributed by atoms with E-state index in [1.165, 1.54) is 0 Å². The van der Waals surface area contributed by atoms with Crippen LogP contribution in [0.5, 0.6) is 0 Å². The second kappa shape index (κ2) is 7.53. The second-order valence-corrected chi connectivity index (χ2v) is 6.62. The van der Waals surface area contributed by atoms with Crippen molar-refractivity contribution in [2.75, 3.05) is 25.4 Å². The van der Waals surface area contributed by atoms with Crippen molar-refractivity contribution in [1.82, 2.24) is 4.90 Å². The van der Waals surface area contributed by atoms with Crippen molar-refractivity contribution >= 4 is 17.7 Å². The number of hydrogen-bond donors (Lipinski definition) is 1. The molecule has 1 heterocycles. The highest BCUT2D eigenvalue weighted by Crippen LogP contribution is 2.23. The van der Waals surface area contributed by atoms with E-state index in [1.807, 2.05) is 41.8 Å². The Morgan fingerprint density at radius 3 is 3.05 bits per heavy atom. The molecule has 1 aromatic rings. The van der Waals surface area contributed by atoms with Gasteiger partial charge in [-0.05, 0) is 31.0 Å². The molecule has 1 aliphatic heterocycles. The highest BCUT2D eigenvalue weighted by Gasteiger charge is 2.25. The molecule has 1 amide bonds. The molecule has 0 saturated carbocycles. The van der Waals surface area contributed by atoms with E-state index < -0.39 is 0 Å². The van der Waals surface area contributed by atoms with Gasteiger partial charge in [-0.1, -0.05) is 24.8 Å². The topological polar surface area (TPSA) is 46.3 Å². The van der Waals surface area contributed by atoms with Crippen LogP contribution in [0.3, 0.4) is 0 Å². The van der Waals surface area contributed by atoms with Gasteiger partial charge in [0.1, 0.15) is 0 Å².